The van der Waals surface area contributed by atoms with E-state index < -0.39 is 0 Å². The second-order valence-electron chi connectivity index (χ2n) is 5.77. The number of rotatable bonds is 6. The fourth-order valence-electron chi connectivity index (χ4n) is 3.11. The fourth-order valence-corrected chi connectivity index (χ4v) is 3.11. The molecule has 2 aromatic rings. The van der Waals surface area contributed by atoms with Crippen molar-refractivity contribution in [3.63, 3.8) is 0 Å². The minimum absolute atomic E-state index is 0.0851. The van der Waals surface area contributed by atoms with E-state index in [0.29, 0.717) is 32.1 Å². The van der Waals surface area contributed by atoms with Gasteiger partial charge in [-0.05, 0) is 37.6 Å². The van der Waals surface area contributed by atoms with Gasteiger partial charge in [0.25, 0.3) is 0 Å². The molecule has 1 aliphatic rings. The molecule has 0 bridgehead atoms. The van der Waals surface area contributed by atoms with Gasteiger partial charge in [-0.25, -0.2) is 4.98 Å². The lowest BCUT2D eigenvalue weighted by Crippen LogP contribution is -2.35. The Bertz CT molecular complexity index is 779. The molecule has 2 heterocycles. The first-order valence-electron chi connectivity index (χ1n) is 8.45. The SMILES string of the molecule is CCOc1cc2c(cc1OCC)CN(c1[nH+]cccc1[N+](=O)[O-])CC2. The maximum atomic E-state index is 11.3. The van der Waals surface area contributed by atoms with E-state index in [2.05, 4.69) is 4.98 Å². The number of nitro groups is 1. The summed E-state index contributed by atoms with van der Waals surface area (Å²) in [5.41, 5.74) is 2.38. The molecule has 0 atom stereocenters. The molecular formula is C18H22N3O4+. The van der Waals surface area contributed by atoms with Gasteiger partial charge in [-0.15, -0.1) is 0 Å². The van der Waals surface area contributed by atoms with Crippen LogP contribution in [0.4, 0.5) is 11.5 Å². The number of hydrogen-bond donors (Lipinski definition) is 0. The summed E-state index contributed by atoms with van der Waals surface area (Å²) in [4.78, 5) is 15.9. The standard InChI is InChI=1S/C18H21N3O4/c1-3-24-16-10-13-7-9-20(12-14(13)11-17(16)25-4-2)18-15(21(22)23)6-5-8-19-18/h5-6,8,10-11H,3-4,7,9,12H2,1-2H3/p+1. The molecule has 1 aliphatic heterocycles. The summed E-state index contributed by atoms with van der Waals surface area (Å²) in [6.45, 7) is 6.30. The summed E-state index contributed by atoms with van der Waals surface area (Å²) < 4.78 is 11.4. The first-order valence-corrected chi connectivity index (χ1v) is 8.45. The summed E-state index contributed by atoms with van der Waals surface area (Å²) in [6, 6.07) is 7.18. The van der Waals surface area contributed by atoms with E-state index in [1.54, 1.807) is 12.3 Å². The molecule has 0 radical (unpaired) electrons. The summed E-state index contributed by atoms with van der Waals surface area (Å²) >= 11 is 0. The molecule has 0 fully saturated rings. The number of fused-ring (bicyclic) bond motifs is 1. The molecule has 1 aromatic carbocycles. The maximum Gasteiger partial charge on any atom is 0.357 e. The van der Waals surface area contributed by atoms with Crippen molar-refractivity contribution in [3.8, 4) is 11.5 Å². The summed E-state index contributed by atoms with van der Waals surface area (Å²) in [7, 11) is 0. The maximum absolute atomic E-state index is 11.3. The number of pyridine rings is 1. The molecule has 3 rings (SSSR count). The predicted molar refractivity (Wildman–Crippen MR) is 93.2 cm³/mol. The van der Waals surface area contributed by atoms with E-state index in [1.165, 1.54) is 11.6 Å². The quantitative estimate of drug-likeness (QED) is 0.595. The summed E-state index contributed by atoms with van der Waals surface area (Å²) in [5.74, 6) is 2.01. The van der Waals surface area contributed by atoms with Gasteiger partial charge in [0, 0.05) is 18.1 Å². The van der Waals surface area contributed by atoms with Crippen molar-refractivity contribution >= 4 is 11.5 Å². The van der Waals surface area contributed by atoms with Gasteiger partial charge >= 0.3 is 11.5 Å². The van der Waals surface area contributed by atoms with E-state index >= 15 is 0 Å². The Morgan fingerprint density at radius 2 is 1.88 bits per heavy atom. The minimum Gasteiger partial charge on any atom is -0.490 e. The van der Waals surface area contributed by atoms with Crippen molar-refractivity contribution in [2.45, 2.75) is 26.8 Å². The Morgan fingerprint density at radius 1 is 1.20 bits per heavy atom. The number of ether oxygens (including phenoxy) is 2. The Hall–Kier alpha value is -2.83. The average molecular weight is 344 g/mol. The number of H-pyrrole nitrogens is 1. The lowest BCUT2D eigenvalue weighted by Gasteiger charge is -2.25. The van der Waals surface area contributed by atoms with E-state index in [0.717, 1.165) is 23.5 Å². The van der Waals surface area contributed by atoms with E-state index in [1.807, 2.05) is 30.9 Å². The molecule has 25 heavy (non-hydrogen) atoms. The Morgan fingerprint density at radius 3 is 2.52 bits per heavy atom. The van der Waals surface area contributed by atoms with Crippen molar-refractivity contribution in [3.05, 3.63) is 51.7 Å². The molecule has 0 amide bonds. The Balaban J connectivity index is 1.93. The number of benzene rings is 1. The lowest BCUT2D eigenvalue weighted by molar-refractivity contribution is -0.411. The number of hydrogen-bond acceptors (Lipinski definition) is 5. The smallest absolute Gasteiger partial charge is 0.357 e. The molecule has 0 spiro atoms. The van der Waals surface area contributed by atoms with Gasteiger partial charge < -0.3 is 9.47 Å². The zero-order chi connectivity index (χ0) is 17.8. The van der Waals surface area contributed by atoms with E-state index in [4.69, 9.17) is 9.47 Å². The molecule has 1 aromatic heterocycles. The topological polar surface area (TPSA) is 79.0 Å². The van der Waals surface area contributed by atoms with Gasteiger partial charge in [0.1, 0.15) is 6.54 Å². The zero-order valence-corrected chi connectivity index (χ0v) is 14.4. The van der Waals surface area contributed by atoms with Crippen molar-refractivity contribution in [2.24, 2.45) is 0 Å². The van der Waals surface area contributed by atoms with Crippen LogP contribution in [0.1, 0.15) is 25.0 Å². The first-order chi connectivity index (χ1) is 12.1. The van der Waals surface area contributed by atoms with Crippen molar-refractivity contribution in [1.29, 1.82) is 0 Å². The molecule has 0 saturated heterocycles. The minimum atomic E-state index is -0.356. The molecule has 0 unspecified atom stereocenters. The van der Waals surface area contributed by atoms with Crippen LogP contribution >= 0.6 is 0 Å². The summed E-state index contributed by atoms with van der Waals surface area (Å²) in [6.07, 6.45) is 2.50. The molecule has 7 nitrogen and oxygen atoms in total. The largest absolute Gasteiger partial charge is 0.490 e. The number of anilines is 1. The van der Waals surface area contributed by atoms with Crippen molar-refractivity contribution < 1.29 is 19.4 Å². The van der Waals surface area contributed by atoms with Crippen LogP contribution in [0.2, 0.25) is 0 Å². The van der Waals surface area contributed by atoms with Gasteiger partial charge in [-0.2, -0.15) is 0 Å². The Labute approximate surface area is 146 Å². The molecule has 132 valence electrons. The van der Waals surface area contributed by atoms with Crippen LogP contribution in [0.5, 0.6) is 11.5 Å². The van der Waals surface area contributed by atoms with Gasteiger partial charge in [0.15, 0.2) is 11.5 Å². The molecule has 0 saturated carbocycles. The average Bonchev–Trinajstić information content (AvgIpc) is 2.62. The van der Waals surface area contributed by atoms with Gasteiger partial charge in [-0.1, -0.05) is 0 Å². The normalized spacial score (nSPS) is 13.3. The monoisotopic (exact) mass is 344 g/mol. The number of aromatic nitrogens is 1. The highest BCUT2D eigenvalue weighted by molar-refractivity contribution is 5.56. The molecular weight excluding hydrogens is 322 g/mol. The lowest BCUT2D eigenvalue weighted by atomic mass is 9.98. The highest BCUT2D eigenvalue weighted by Crippen LogP contribution is 2.35. The van der Waals surface area contributed by atoms with Crippen LogP contribution in [-0.2, 0) is 13.0 Å². The zero-order valence-electron chi connectivity index (χ0n) is 14.4. The first kappa shape index (κ1) is 17.0. The number of nitrogens with zero attached hydrogens (tertiary/aromatic N) is 2. The van der Waals surface area contributed by atoms with Crippen LogP contribution < -0.4 is 19.4 Å². The Kier molecular flexibility index (Phi) is 5.02. The van der Waals surface area contributed by atoms with Crippen molar-refractivity contribution in [2.75, 3.05) is 24.7 Å². The van der Waals surface area contributed by atoms with E-state index in [-0.39, 0.29) is 10.6 Å². The fraction of sp³-hybridized carbons (Fsp3) is 0.389. The third kappa shape index (κ3) is 3.50. The van der Waals surface area contributed by atoms with Crippen LogP contribution in [0, 0.1) is 10.1 Å². The summed E-state index contributed by atoms with van der Waals surface area (Å²) in [5, 5.41) is 11.3. The molecule has 1 N–H and O–H groups in total. The molecule has 0 aliphatic carbocycles. The van der Waals surface area contributed by atoms with E-state index in [9.17, 15) is 10.1 Å². The second kappa shape index (κ2) is 7.38. The van der Waals surface area contributed by atoms with Crippen LogP contribution in [0.25, 0.3) is 0 Å². The van der Waals surface area contributed by atoms with Crippen molar-refractivity contribution in [1.82, 2.24) is 0 Å². The van der Waals surface area contributed by atoms with Crippen LogP contribution in [0.15, 0.2) is 30.5 Å². The van der Waals surface area contributed by atoms with Gasteiger partial charge in [-0.3, -0.25) is 15.0 Å². The van der Waals surface area contributed by atoms with Crippen LogP contribution in [-0.4, -0.2) is 24.7 Å². The molecule has 7 heteroatoms. The van der Waals surface area contributed by atoms with Gasteiger partial charge in [0.2, 0.25) is 0 Å². The van der Waals surface area contributed by atoms with Gasteiger partial charge in [0.05, 0.1) is 30.9 Å². The highest BCUT2D eigenvalue weighted by Gasteiger charge is 2.31. The third-order valence-electron chi connectivity index (χ3n) is 4.20. The number of nitrogens with one attached hydrogen (secondary N) is 1. The highest BCUT2D eigenvalue weighted by atomic mass is 16.6. The number of aromatic amines is 1. The third-order valence-corrected chi connectivity index (χ3v) is 4.20. The second-order valence-corrected chi connectivity index (χ2v) is 5.77. The predicted octanol–water partition coefficient (Wildman–Crippen LogP) is 2.77. The van der Waals surface area contributed by atoms with Crippen LogP contribution in [0.3, 0.4) is 0 Å².